The number of fused-ring (bicyclic) bond motifs is 1. The third-order valence-electron chi connectivity index (χ3n) is 5.34. The number of piperidine rings is 1. The summed E-state index contributed by atoms with van der Waals surface area (Å²) in [7, 11) is 0. The molecule has 3 atom stereocenters. The monoisotopic (exact) mass is 299 g/mol. The average Bonchev–Trinajstić information content (AvgIpc) is 3.20. The van der Waals surface area contributed by atoms with Gasteiger partial charge in [0.15, 0.2) is 11.5 Å². The number of hydrogen-bond acceptors (Lipinski definition) is 4. The molecule has 1 saturated heterocycles. The van der Waals surface area contributed by atoms with Gasteiger partial charge in [-0.15, -0.1) is 10.2 Å². The minimum Gasteiger partial charge on any atom is -0.314 e. The molecule has 2 aromatic heterocycles. The molecule has 2 fully saturated rings. The van der Waals surface area contributed by atoms with Crippen molar-refractivity contribution >= 4 is 5.65 Å². The lowest BCUT2D eigenvalue weighted by Gasteiger charge is -2.33. The largest absolute Gasteiger partial charge is 0.314 e. The summed E-state index contributed by atoms with van der Waals surface area (Å²) in [6, 6.07) is 7.36. The van der Waals surface area contributed by atoms with Gasteiger partial charge in [0.05, 0.1) is 6.54 Å². The lowest BCUT2D eigenvalue weighted by molar-refractivity contribution is 0.256. The zero-order valence-corrected chi connectivity index (χ0v) is 13.0. The lowest BCUT2D eigenvalue weighted by atomic mass is 9.88. The molecule has 2 aromatic rings. The first-order chi connectivity index (χ1) is 10.9. The van der Waals surface area contributed by atoms with E-state index in [0.29, 0.717) is 12.1 Å². The van der Waals surface area contributed by atoms with Crippen LogP contribution in [0, 0.1) is 5.92 Å². The van der Waals surface area contributed by atoms with Crippen LogP contribution in [-0.4, -0.2) is 33.2 Å². The molecular weight excluding hydrogens is 274 g/mol. The number of nitrogens with zero attached hydrogens (tertiary/aromatic N) is 3. The summed E-state index contributed by atoms with van der Waals surface area (Å²) in [5.41, 5.74) is 0.927. The molecule has 0 radical (unpaired) electrons. The van der Waals surface area contributed by atoms with Crippen LogP contribution in [-0.2, 0) is 6.54 Å². The highest BCUT2D eigenvalue weighted by atomic mass is 15.3. The molecule has 1 aliphatic carbocycles. The van der Waals surface area contributed by atoms with E-state index in [0.717, 1.165) is 23.9 Å². The topological polar surface area (TPSA) is 54.2 Å². The Labute approximate surface area is 131 Å². The summed E-state index contributed by atoms with van der Waals surface area (Å²) in [4.78, 5) is 0. The van der Waals surface area contributed by atoms with Gasteiger partial charge >= 0.3 is 0 Å². The molecule has 118 valence electrons. The van der Waals surface area contributed by atoms with Crippen LogP contribution in [0.4, 0.5) is 0 Å². The third kappa shape index (κ3) is 2.75. The van der Waals surface area contributed by atoms with E-state index in [-0.39, 0.29) is 0 Å². The number of nitrogens with one attached hydrogen (secondary N) is 2. The normalized spacial score (nSPS) is 29.2. The predicted molar refractivity (Wildman–Crippen MR) is 86.6 cm³/mol. The van der Waals surface area contributed by atoms with E-state index in [9.17, 15) is 0 Å². The van der Waals surface area contributed by atoms with Gasteiger partial charge in [-0.1, -0.05) is 18.9 Å². The van der Waals surface area contributed by atoms with Crippen molar-refractivity contribution in [1.29, 1.82) is 0 Å². The summed E-state index contributed by atoms with van der Waals surface area (Å²) in [6.45, 7) is 2.00. The summed E-state index contributed by atoms with van der Waals surface area (Å²) in [5, 5.41) is 16.1. The quantitative estimate of drug-likeness (QED) is 0.908. The van der Waals surface area contributed by atoms with Gasteiger partial charge in [0.2, 0.25) is 0 Å². The Bertz CT molecular complexity index is 616. The molecule has 1 aliphatic heterocycles. The smallest absolute Gasteiger partial charge is 0.160 e. The zero-order chi connectivity index (χ0) is 14.8. The van der Waals surface area contributed by atoms with Crippen LogP contribution >= 0.6 is 0 Å². The van der Waals surface area contributed by atoms with Crippen LogP contribution in [0.5, 0.6) is 0 Å². The van der Waals surface area contributed by atoms with Gasteiger partial charge in [-0.2, -0.15) is 0 Å². The molecule has 3 heterocycles. The predicted octanol–water partition coefficient (Wildman–Crippen LogP) is 2.13. The van der Waals surface area contributed by atoms with Gasteiger partial charge in [-0.25, -0.2) is 0 Å². The molecule has 3 unspecified atom stereocenters. The van der Waals surface area contributed by atoms with Crippen LogP contribution in [0.2, 0.25) is 0 Å². The van der Waals surface area contributed by atoms with Crippen LogP contribution in [0.15, 0.2) is 24.4 Å². The Morgan fingerprint density at radius 1 is 1.14 bits per heavy atom. The maximum Gasteiger partial charge on any atom is 0.160 e. The van der Waals surface area contributed by atoms with Gasteiger partial charge in [-0.3, -0.25) is 4.40 Å². The van der Waals surface area contributed by atoms with Gasteiger partial charge in [0.1, 0.15) is 0 Å². The fourth-order valence-electron chi connectivity index (χ4n) is 4.20. The second kappa shape index (κ2) is 6.34. The van der Waals surface area contributed by atoms with E-state index in [4.69, 9.17) is 0 Å². The van der Waals surface area contributed by atoms with Gasteiger partial charge in [0, 0.05) is 18.3 Å². The Morgan fingerprint density at radius 2 is 2.14 bits per heavy atom. The van der Waals surface area contributed by atoms with E-state index in [1.165, 1.54) is 45.1 Å². The first-order valence-corrected chi connectivity index (χ1v) is 8.67. The number of pyridine rings is 1. The summed E-state index contributed by atoms with van der Waals surface area (Å²) < 4.78 is 2.08. The molecule has 0 amide bonds. The highest BCUT2D eigenvalue weighted by molar-refractivity contribution is 5.36. The van der Waals surface area contributed by atoms with Gasteiger partial charge in [-0.05, 0) is 50.3 Å². The second-order valence-corrected chi connectivity index (χ2v) is 6.68. The van der Waals surface area contributed by atoms with Crippen LogP contribution in [0.25, 0.3) is 5.65 Å². The highest BCUT2D eigenvalue weighted by Gasteiger charge is 2.33. The molecule has 2 N–H and O–H groups in total. The molecule has 0 spiro atoms. The van der Waals surface area contributed by atoms with Gasteiger partial charge in [0.25, 0.3) is 0 Å². The molecule has 22 heavy (non-hydrogen) atoms. The van der Waals surface area contributed by atoms with Crippen LogP contribution in [0.1, 0.15) is 44.3 Å². The molecule has 5 nitrogen and oxygen atoms in total. The van der Waals surface area contributed by atoms with Crippen LogP contribution in [0.3, 0.4) is 0 Å². The summed E-state index contributed by atoms with van der Waals surface area (Å²) in [5.74, 6) is 1.79. The Balaban J connectivity index is 1.42. The number of hydrogen-bond donors (Lipinski definition) is 2. The van der Waals surface area contributed by atoms with E-state index in [1.807, 2.05) is 24.4 Å². The lowest BCUT2D eigenvalue weighted by Crippen LogP contribution is -2.46. The van der Waals surface area contributed by atoms with Crippen molar-refractivity contribution in [2.75, 3.05) is 6.54 Å². The molecule has 1 saturated carbocycles. The van der Waals surface area contributed by atoms with E-state index in [1.54, 1.807) is 0 Å². The molecule has 0 bridgehead atoms. The maximum atomic E-state index is 4.33. The van der Waals surface area contributed by atoms with Crippen molar-refractivity contribution in [1.82, 2.24) is 25.2 Å². The van der Waals surface area contributed by atoms with Crippen molar-refractivity contribution in [3.63, 3.8) is 0 Å². The fourth-order valence-corrected chi connectivity index (χ4v) is 4.20. The molecule has 0 aromatic carbocycles. The molecule has 5 heteroatoms. The summed E-state index contributed by atoms with van der Waals surface area (Å²) >= 11 is 0. The van der Waals surface area contributed by atoms with Crippen molar-refractivity contribution in [2.45, 2.75) is 57.2 Å². The first kappa shape index (κ1) is 14.2. The first-order valence-electron chi connectivity index (χ1n) is 8.67. The van der Waals surface area contributed by atoms with Crippen molar-refractivity contribution < 1.29 is 0 Å². The molecule has 4 rings (SSSR count). The maximum absolute atomic E-state index is 4.33. The highest BCUT2D eigenvalue weighted by Crippen LogP contribution is 2.31. The molecular formula is C17H25N5. The third-order valence-corrected chi connectivity index (χ3v) is 5.34. The standard InChI is InChI=1S/C17H25N5/c1-3-10-18-14(7-1)13-6-5-8-15(13)19-12-17-21-20-16-9-2-4-11-22(16)17/h2,4,9,11,13-15,18-19H,1,3,5-8,10,12H2. The van der Waals surface area contributed by atoms with E-state index < -0.39 is 0 Å². The van der Waals surface area contributed by atoms with Crippen LogP contribution < -0.4 is 10.6 Å². The Hall–Kier alpha value is -1.46. The number of rotatable bonds is 4. The Kier molecular flexibility index (Phi) is 4.08. The van der Waals surface area contributed by atoms with Crippen molar-refractivity contribution in [3.05, 3.63) is 30.2 Å². The van der Waals surface area contributed by atoms with E-state index >= 15 is 0 Å². The Morgan fingerprint density at radius 3 is 3.05 bits per heavy atom. The van der Waals surface area contributed by atoms with Crippen molar-refractivity contribution in [3.8, 4) is 0 Å². The second-order valence-electron chi connectivity index (χ2n) is 6.68. The number of aromatic nitrogens is 3. The van der Waals surface area contributed by atoms with E-state index in [2.05, 4.69) is 25.2 Å². The van der Waals surface area contributed by atoms with Gasteiger partial charge < -0.3 is 10.6 Å². The van der Waals surface area contributed by atoms with Crippen molar-refractivity contribution in [2.24, 2.45) is 5.92 Å². The minimum atomic E-state index is 0.617. The molecule has 2 aliphatic rings. The fraction of sp³-hybridized carbons (Fsp3) is 0.647. The summed E-state index contributed by atoms with van der Waals surface area (Å²) in [6.07, 6.45) is 10.1. The SMILES string of the molecule is c1ccn2c(CNC3CCCC3C3CCCCN3)nnc2c1. The average molecular weight is 299 g/mol. The minimum absolute atomic E-state index is 0.617. The zero-order valence-electron chi connectivity index (χ0n) is 13.0.